The second kappa shape index (κ2) is 10.1. The molecule has 2 heterocycles. The molecule has 0 radical (unpaired) electrons. The van der Waals surface area contributed by atoms with Crippen LogP contribution in [0.4, 0.5) is 17.1 Å². The van der Waals surface area contributed by atoms with Crippen LogP contribution < -0.4 is 15.5 Å². The normalized spacial score (nSPS) is 14.2. The Hall–Kier alpha value is -2.64. The lowest BCUT2D eigenvalue weighted by atomic mass is 10.2. The number of ether oxygens (including phenoxy) is 1. The molecule has 1 aromatic carbocycles. The Balaban J connectivity index is 1.64. The highest BCUT2D eigenvalue weighted by Crippen LogP contribution is 2.27. The minimum atomic E-state index is -0.162. The maximum Gasteiger partial charge on any atom is 0.257 e. The van der Waals surface area contributed by atoms with Crippen molar-refractivity contribution in [3.8, 4) is 0 Å². The standard InChI is InChI=1S/C21H29N5O2/c1-25(2)9-5-8-23-18-14-17(15-22-16-18)21(27)24-19-6-3-4-7-20(19)26-10-12-28-13-11-26/h3-4,6-7,14-16,23H,5,8-13H2,1-2H3,(H,24,27). The fraction of sp³-hybridized carbons (Fsp3) is 0.429. The number of aromatic nitrogens is 1. The van der Waals surface area contributed by atoms with Crippen LogP contribution in [0.2, 0.25) is 0 Å². The van der Waals surface area contributed by atoms with Crippen molar-refractivity contribution in [2.75, 3.05) is 69.0 Å². The second-order valence-electron chi connectivity index (χ2n) is 7.12. The molecule has 7 nitrogen and oxygen atoms in total. The van der Waals surface area contributed by atoms with Gasteiger partial charge in [0.1, 0.15) is 0 Å². The number of nitrogens with one attached hydrogen (secondary N) is 2. The van der Waals surface area contributed by atoms with Gasteiger partial charge in [0.25, 0.3) is 5.91 Å². The van der Waals surface area contributed by atoms with E-state index in [1.54, 1.807) is 12.4 Å². The molecule has 0 aliphatic carbocycles. The Kier molecular flexibility index (Phi) is 7.22. The summed E-state index contributed by atoms with van der Waals surface area (Å²) in [4.78, 5) is 21.4. The first-order valence-corrected chi connectivity index (χ1v) is 9.70. The number of para-hydroxylation sites is 2. The van der Waals surface area contributed by atoms with E-state index >= 15 is 0 Å². The van der Waals surface area contributed by atoms with E-state index in [9.17, 15) is 4.79 Å². The number of rotatable bonds is 8. The number of benzene rings is 1. The number of carbonyl (C=O) groups is 1. The predicted molar refractivity (Wildman–Crippen MR) is 113 cm³/mol. The lowest BCUT2D eigenvalue weighted by Crippen LogP contribution is -2.36. The fourth-order valence-electron chi connectivity index (χ4n) is 3.14. The van der Waals surface area contributed by atoms with Gasteiger partial charge in [-0.2, -0.15) is 0 Å². The van der Waals surface area contributed by atoms with Crippen LogP contribution in [0.1, 0.15) is 16.8 Å². The third kappa shape index (κ3) is 5.68. The Morgan fingerprint density at radius 2 is 2.00 bits per heavy atom. The van der Waals surface area contributed by atoms with Gasteiger partial charge in [0.15, 0.2) is 0 Å². The van der Waals surface area contributed by atoms with E-state index in [1.165, 1.54) is 0 Å². The molecule has 0 atom stereocenters. The molecule has 0 spiro atoms. The third-order valence-electron chi connectivity index (χ3n) is 4.62. The average molecular weight is 383 g/mol. The van der Waals surface area contributed by atoms with E-state index in [0.717, 1.165) is 49.7 Å². The van der Waals surface area contributed by atoms with Crippen molar-refractivity contribution in [2.24, 2.45) is 0 Å². The Morgan fingerprint density at radius 1 is 1.21 bits per heavy atom. The molecule has 1 amide bonds. The highest BCUT2D eigenvalue weighted by molar-refractivity contribution is 6.06. The fourth-order valence-corrected chi connectivity index (χ4v) is 3.14. The van der Waals surface area contributed by atoms with Gasteiger partial charge in [-0.3, -0.25) is 9.78 Å². The molecule has 1 aliphatic rings. The van der Waals surface area contributed by atoms with Gasteiger partial charge in [0.05, 0.1) is 35.8 Å². The molecule has 0 bridgehead atoms. The predicted octanol–water partition coefficient (Wildman–Crippen LogP) is 2.53. The van der Waals surface area contributed by atoms with E-state index < -0.39 is 0 Å². The molecule has 1 fully saturated rings. The zero-order chi connectivity index (χ0) is 19.8. The van der Waals surface area contributed by atoms with Crippen molar-refractivity contribution >= 4 is 23.0 Å². The summed E-state index contributed by atoms with van der Waals surface area (Å²) in [5.41, 5.74) is 3.21. The molecule has 2 aromatic rings. The highest BCUT2D eigenvalue weighted by atomic mass is 16.5. The molecule has 7 heteroatoms. The minimum Gasteiger partial charge on any atom is -0.384 e. The van der Waals surface area contributed by atoms with Crippen LogP contribution in [0.3, 0.4) is 0 Å². The lowest BCUT2D eigenvalue weighted by molar-refractivity contribution is 0.102. The minimum absolute atomic E-state index is 0.162. The molecule has 3 rings (SSSR count). The van der Waals surface area contributed by atoms with Gasteiger partial charge in [0.2, 0.25) is 0 Å². The maximum absolute atomic E-state index is 12.8. The van der Waals surface area contributed by atoms with E-state index in [4.69, 9.17) is 4.74 Å². The summed E-state index contributed by atoms with van der Waals surface area (Å²) in [5.74, 6) is -0.162. The van der Waals surface area contributed by atoms with Gasteiger partial charge in [-0.1, -0.05) is 12.1 Å². The summed E-state index contributed by atoms with van der Waals surface area (Å²) in [6.07, 6.45) is 4.36. The van der Waals surface area contributed by atoms with Gasteiger partial charge < -0.3 is 25.2 Å². The Morgan fingerprint density at radius 3 is 2.79 bits per heavy atom. The van der Waals surface area contributed by atoms with Crippen molar-refractivity contribution in [2.45, 2.75) is 6.42 Å². The summed E-state index contributed by atoms with van der Waals surface area (Å²) in [6.45, 7) is 4.90. The molecule has 0 saturated carbocycles. The Labute approximate surface area is 166 Å². The van der Waals surface area contributed by atoms with Crippen molar-refractivity contribution < 1.29 is 9.53 Å². The topological polar surface area (TPSA) is 69.7 Å². The first kappa shape index (κ1) is 20.1. The highest BCUT2D eigenvalue weighted by Gasteiger charge is 2.16. The lowest BCUT2D eigenvalue weighted by Gasteiger charge is -2.30. The number of nitrogens with zero attached hydrogens (tertiary/aromatic N) is 3. The van der Waals surface area contributed by atoms with Gasteiger partial charge in [0, 0.05) is 32.0 Å². The van der Waals surface area contributed by atoms with Gasteiger partial charge in [-0.25, -0.2) is 0 Å². The van der Waals surface area contributed by atoms with Gasteiger partial charge in [-0.05, 0) is 45.3 Å². The first-order valence-electron chi connectivity index (χ1n) is 9.70. The van der Waals surface area contributed by atoms with Crippen LogP contribution >= 0.6 is 0 Å². The number of amides is 1. The molecular weight excluding hydrogens is 354 g/mol. The first-order chi connectivity index (χ1) is 13.6. The van der Waals surface area contributed by atoms with Crippen LogP contribution in [0.15, 0.2) is 42.7 Å². The van der Waals surface area contributed by atoms with E-state index in [-0.39, 0.29) is 5.91 Å². The number of anilines is 3. The van der Waals surface area contributed by atoms with Crippen LogP contribution in [0, 0.1) is 0 Å². The van der Waals surface area contributed by atoms with E-state index in [0.29, 0.717) is 18.8 Å². The zero-order valence-electron chi connectivity index (χ0n) is 16.6. The summed E-state index contributed by atoms with van der Waals surface area (Å²) < 4.78 is 5.43. The van der Waals surface area contributed by atoms with Crippen LogP contribution in [-0.4, -0.2) is 69.3 Å². The molecule has 1 saturated heterocycles. The number of pyridine rings is 1. The Bertz CT molecular complexity index is 775. The van der Waals surface area contributed by atoms with Gasteiger partial charge in [-0.15, -0.1) is 0 Å². The number of morpholine rings is 1. The third-order valence-corrected chi connectivity index (χ3v) is 4.62. The monoisotopic (exact) mass is 383 g/mol. The number of hydrogen-bond donors (Lipinski definition) is 2. The molecular formula is C21H29N5O2. The van der Waals surface area contributed by atoms with Gasteiger partial charge >= 0.3 is 0 Å². The quantitative estimate of drug-likeness (QED) is 0.683. The summed E-state index contributed by atoms with van der Waals surface area (Å²) in [6, 6.07) is 9.72. The number of hydrogen-bond acceptors (Lipinski definition) is 6. The average Bonchev–Trinajstić information content (AvgIpc) is 2.72. The molecule has 1 aromatic heterocycles. The largest absolute Gasteiger partial charge is 0.384 e. The smallest absolute Gasteiger partial charge is 0.257 e. The summed E-state index contributed by atoms with van der Waals surface area (Å²) >= 11 is 0. The molecule has 150 valence electrons. The van der Waals surface area contributed by atoms with Crippen LogP contribution in [0.5, 0.6) is 0 Å². The van der Waals surface area contributed by atoms with Crippen LogP contribution in [-0.2, 0) is 4.74 Å². The van der Waals surface area contributed by atoms with Crippen molar-refractivity contribution in [1.29, 1.82) is 0 Å². The van der Waals surface area contributed by atoms with Crippen molar-refractivity contribution in [3.63, 3.8) is 0 Å². The molecule has 28 heavy (non-hydrogen) atoms. The second-order valence-corrected chi connectivity index (χ2v) is 7.12. The maximum atomic E-state index is 12.8. The summed E-state index contributed by atoms with van der Waals surface area (Å²) in [5, 5.41) is 6.37. The molecule has 1 aliphatic heterocycles. The van der Waals surface area contributed by atoms with Crippen molar-refractivity contribution in [1.82, 2.24) is 9.88 Å². The molecule has 2 N–H and O–H groups in total. The zero-order valence-corrected chi connectivity index (χ0v) is 16.6. The van der Waals surface area contributed by atoms with Crippen LogP contribution in [0.25, 0.3) is 0 Å². The molecule has 0 unspecified atom stereocenters. The SMILES string of the molecule is CN(C)CCCNc1cncc(C(=O)Nc2ccccc2N2CCOCC2)c1. The summed E-state index contributed by atoms with van der Waals surface area (Å²) in [7, 11) is 4.11. The van der Waals surface area contributed by atoms with E-state index in [1.807, 2.05) is 30.3 Å². The van der Waals surface area contributed by atoms with Crippen molar-refractivity contribution in [3.05, 3.63) is 48.3 Å². The number of carbonyl (C=O) groups excluding carboxylic acids is 1. The van der Waals surface area contributed by atoms with E-state index in [2.05, 4.69) is 39.5 Å².